The molecule has 0 bridgehead atoms. The number of aldehydes is 1. The van der Waals surface area contributed by atoms with E-state index < -0.39 is 0 Å². The molecular weight excluding hydrogens is 234 g/mol. The lowest BCUT2D eigenvalue weighted by molar-refractivity contribution is 0.111. The highest BCUT2D eigenvalue weighted by molar-refractivity contribution is 5.86. The Bertz CT molecular complexity index is 607. The minimum Gasteiger partial charge on any atom is -0.485 e. The van der Waals surface area contributed by atoms with Crippen LogP contribution in [0.3, 0.4) is 0 Å². The van der Waals surface area contributed by atoms with Crippen molar-refractivity contribution in [1.82, 2.24) is 10.2 Å². The lowest BCUT2D eigenvalue weighted by atomic mass is 10.1. The molecule has 1 aromatic carbocycles. The van der Waals surface area contributed by atoms with Crippen LogP contribution in [0, 0.1) is 0 Å². The number of carbonyl (C=O) groups is 1. The van der Waals surface area contributed by atoms with E-state index in [9.17, 15) is 4.79 Å². The number of rotatable bonds is 2. The maximum atomic E-state index is 11.0. The SMILES string of the molecule is Nc1cc(-c2ccc(C=O)c3c2OCCO3)[nH]n1. The number of hydrogen-bond acceptors (Lipinski definition) is 5. The quantitative estimate of drug-likeness (QED) is 0.777. The molecule has 3 rings (SSSR count). The van der Waals surface area contributed by atoms with E-state index in [0.29, 0.717) is 36.1 Å². The van der Waals surface area contributed by atoms with Crippen molar-refractivity contribution in [2.45, 2.75) is 0 Å². The molecule has 6 nitrogen and oxygen atoms in total. The number of aromatic nitrogens is 2. The third-order valence-corrected chi connectivity index (χ3v) is 2.73. The third-order valence-electron chi connectivity index (χ3n) is 2.73. The maximum Gasteiger partial charge on any atom is 0.172 e. The summed E-state index contributed by atoms with van der Waals surface area (Å²) in [5, 5.41) is 6.68. The molecule has 1 aliphatic heterocycles. The smallest absolute Gasteiger partial charge is 0.172 e. The Kier molecular flexibility index (Phi) is 2.40. The average molecular weight is 245 g/mol. The second-order valence-electron chi connectivity index (χ2n) is 3.88. The monoisotopic (exact) mass is 245 g/mol. The van der Waals surface area contributed by atoms with E-state index in [1.165, 1.54) is 0 Å². The summed E-state index contributed by atoms with van der Waals surface area (Å²) in [5.74, 6) is 1.42. The summed E-state index contributed by atoms with van der Waals surface area (Å²) in [4.78, 5) is 11.0. The van der Waals surface area contributed by atoms with Gasteiger partial charge in [-0.1, -0.05) is 0 Å². The second-order valence-corrected chi connectivity index (χ2v) is 3.88. The van der Waals surface area contributed by atoms with Crippen molar-refractivity contribution in [2.75, 3.05) is 18.9 Å². The van der Waals surface area contributed by atoms with Crippen molar-refractivity contribution in [3.63, 3.8) is 0 Å². The summed E-state index contributed by atoms with van der Waals surface area (Å²) in [6.07, 6.45) is 0.749. The normalized spacial score (nSPS) is 13.3. The predicted molar refractivity (Wildman–Crippen MR) is 64.8 cm³/mol. The van der Waals surface area contributed by atoms with E-state index in [1.54, 1.807) is 18.2 Å². The number of H-pyrrole nitrogens is 1. The first-order valence-corrected chi connectivity index (χ1v) is 5.48. The van der Waals surface area contributed by atoms with Crippen LogP contribution in [0.4, 0.5) is 5.82 Å². The summed E-state index contributed by atoms with van der Waals surface area (Å²) in [5.41, 5.74) is 7.56. The van der Waals surface area contributed by atoms with Crippen molar-refractivity contribution >= 4 is 12.1 Å². The van der Waals surface area contributed by atoms with Crippen LogP contribution in [-0.2, 0) is 0 Å². The molecule has 0 radical (unpaired) electrons. The number of ether oxygens (including phenoxy) is 2. The van der Waals surface area contributed by atoms with Gasteiger partial charge in [0.1, 0.15) is 19.0 Å². The van der Waals surface area contributed by atoms with E-state index in [2.05, 4.69) is 10.2 Å². The van der Waals surface area contributed by atoms with Crippen molar-refractivity contribution in [3.8, 4) is 22.8 Å². The summed E-state index contributed by atoms with van der Waals surface area (Å²) >= 11 is 0. The molecule has 3 N–H and O–H groups in total. The van der Waals surface area contributed by atoms with Gasteiger partial charge in [0.15, 0.2) is 17.8 Å². The Labute approximate surface area is 103 Å². The number of aromatic amines is 1. The van der Waals surface area contributed by atoms with Crippen LogP contribution in [0.1, 0.15) is 10.4 Å². The van der Waals surface area contributed by atoms with Gasteiger partial charge in [-0.25, -0.2) is 0 Å². The molecule has 92 valence electrons. The fourth-order valence-corrected chi connectivity index (χ4v) is 1.94. The first-order chi connectivity index (χ1) is 8.79. The summed E-state index contributed by atoms with van der Waals surface area (Å²) < 4.78 is 11.1. The number of hydrogen-bond donors (Lipinski definition) is 2. The van der Waals surface area contributed by atoms with Crippen LogP contribution in [0.25, 0.3) is 11.3 Å². The number of nitrogens with zero attached hydrogens (tertiary/aromatic N) is 1. The van der Waals surface area contributed by atoms with Gasteiger partial charge in [0, 0.05) is 11.6 Å². The zero-order valence-electron chi connectivity index (χ0n) is 9.47. The van der Waals surface area contributed by atoms with Gasteiger partial charge in [-0.15, -0.1) is 0 Å². The van der Waals surface area contributed by atoms with Gasteiger partial charge in [-0.3, -0.25) is 9.89 Å². The molecule has 1 aromatic heterocycles. The number of nitrogen functional groups attached to an aromatic ring is 1. The molecule has 0 atom stereocenters. The van der Waals surface area contributed by atoms with E-state index in [1.807, 2.05) is 0 Å². The number of fused-ring (bicyclic) bond motifs is 1. The molecule has 0 unspecified atom stereocenters. The van der Waals surface area contributed by atoms with Gasteiger partial charge in [0.05, 0.1) is 11.3 Å². The standard InChI is InChI=1S/C12H11N3O3/c13-10-5-9(14-15-10)8-2-1-7(6-16)11-12(8)18-4-3-17-11/h1-2,5-6H,3-4H2,(H3,13,14,15). The highest BCUT2D eigenvalue weighted by Gasteiger charge is 2.21. The van der Waals surface area contributed by atoms with Crippen molar-refractivity contribution in [1.29, 1.82) is 0 Å². The first kappa shape index (κ1) is 10.6. The number of anilines is 1. The zero-order chi connectivity index (χ0) is 12.5. The fraction of sp³-hybridized carbons (Fsp3) is 0.167. The third kappa shape index (κ3) is 1.58. The molecular formula is C12H11N3O3. The topological polar surface area (TPSA) is 90.2 Å². The molecule has 18 heavy (non-hydrogen) atoms. The van der Waals surface area contributed by atoms with Crippen molar-refractivity contribution in [2.24, 2.45) is 0 Å². The number of nitrogens with one attached hydrogen (secondary N) is 1. The van der Waals surface area contributed by atoms with Gasteiger partial charge >= 0.3 is 0 Å². The van der Waals surface area contributed by atoms with Gasteiger partial charge in [-0.05, 0) is 12.1 Å². The van der Waals surface area contributed by atoms with E-state index in [0.717, 1.165) is 17.5 Å². The largest absolute Gasteiger partial charge is 0.485 e. The van der Waals surface area contributed by atoms with Crippen molar-refractivity contribution in [3.05, 3.63) is 23.8 Å². The highest BCUT2D eigenvalue weighted by atomic mass is 16.6. The summed E-state index contributed by atoms with van der Waals surface area (Å²) in [6.45, 7) is 0.883. The molecule has 6 heteroatoms. The molecule has 0 aliphatic carbocycles. The molecule has 2 aromatic rings. The lowest BCUT2D eigenvalue weighted by Gasteiger charge is -2.21. The minimum absolute atomic E-state index is 0.398. The van der Waals surface area contributed by atoms with Gasteiger partial charge in [-0.2, -0.15) is 5.10 Å². The van der Waals surface area contributed by atoms with E-state index >= 15 is 0 Å². The van der Waals surface area contributed by atoms with Crippen LogP contribution < -0.4 is 15.2 Å². The molecule has 0 spiro atoms. The van der Waals surface area contributed by atoms with Crippen LogP contribution in [-0.4, -0.2) is 29.7 Å². The Balaban J connectivity index is 2.19. The molecule has 0 saturated heterocycles. The average Bonchev–Trinajstić information content (AvgIpc) is 2.84. The number of carbonyl (C=O) groups excluding carboxylic acids is 1. The highest BCUT2D eigenvalue weighted by Crippen LogP contribution is 2.41. The Hall–Kier alpha value is -2.50. The maximum absolute atomic E-state index is 11.0. The summed E-state index contributed by atoms with van der Waals surface area (Å²) in [6, 6.07) is 5.17. The molecule has 0 amide bonds. The Morgan fingerprint density at radius 2 is 2.06 bits per heavy atom. The van der Waals surface area contributed by atoms with Gasteiger partial charge < -0.3 is 15.2 Å². The Morgan fingerprint density at radius 3 is 2.72 bits per heavy atom. The zero-order valence-corrected chi connectivity index (χ0v) is 9.47. The molecule has 2 heterocycles. The van der Waals surface area contributed by atoms with Crippen LogP contribution in [0.15, 0.2) is 18.2 Å². The van der Waals surface area contributed by atoms with E-state index in [4.69, 9.17) is 15.2 Å². The van der Waals surface area contributed by atoms with Gasteiger partial charge in [0.25, 0.3) is 0 Å². The molecule has 0 fully saturated rings. The minimum atomic E-state index is 0.398. The Morgan fingerprint density at radius 1 is 1.28 bits per heavy atom. The van der Waals surface area contributed by atoms with Crippen LogP contribution >= 0.6 is 0 Å². The second kappa shape index (κ2) is 4.06. The van der Waals surface area contributed by atoms with Crippen LogP contribution in [0.5, 0.6) is 11.5 Å². The van der Waals surface area contributed by atoms with Crippen molar-refractivity contribution < 1.29 is 14.3 Å². The molecule has 0 saturated carbocycles. The lowest BCUT2D eigenvalue weighted by Crippen LogP contribution is -2.17. The fourth-order valence-electron chi connectivity index (χ4n) is 1.94. The number of nitrogens with two attached hydrogens (primary N) is 1. The number of benzene rings is 1. The van der Waals surface area contributed by atoms with Crippen LogP contribution in [0.2, 0.25) is 0 Å². The first-order valence-electron chi connectivity index (χ1n) is 5.48. The molecule has 1 aliphatic rings. The van der Waals surface area contributed by atoms with Gasteiger partial charge in [0.2, 0.25) is 0 Å². The van der Waals surface area contributed by atoms with E-state index in [-0.39, 0.29) is 0 Å². The predicted octanol–water partition coefficient (Wildman–Crippen LogP) is 1.24. The summed E-state index contributed by atoms with van der Waals surface area (Å²) in [7, 11) is 0.